The molecule has 0 atom stereocenters. The highest BCUT2D eigenvalue weighted by molar-refractivity contribution is 5.39. The second kappa shape index (κ2) is 7.09. The molecule has 1 aromatic rings. The van der Waals surface area contributed by atoms with E-state index in [4.69, 9.17) is 4.74 Å². The molecule has 0 spiro atoms. The van der Waals surface area contributed by atoms with Crippen molar-refractivity contribution in [3.05, 3.63) is 29.3 Å². The Morgan fingerprint density at radius 1 is 1.13 bits per heavy atom. The van der Waals surface area contributed by atoms with Crippen molar-refractivity contribution in [1.29, 1.82) is 0 Å². The molecule has 1 saturated heterocycles. The predicted molar refractivity (Wildman–Crippen MR) is 84.7 cm³/mol. The van der Waals surface area contributed by atoms with Crippen LogP contribution in [0.1, 0.15) is 11.1 Å². The number of aryl methyl sites for hydroxylation is 2. The Balaban J connectivity index is 1.80. The van der Waals surface area contributed by atoms with Crippen LogP contribution in [0.15, 0.2) is 18.2 Å². The Morgan fingerprint density at radius 3 is 2.22 bits per heavy atom. The Labute approximate surface area is 136 Å². The molecule has 0 amide bonds. The number of hydrogen-bond acceptors (Lipinski definition) is 2. The van der Waals surface area contributed by atoms with E-state index < -0.39 is 12.7 Å². The second-order valence-electron chi connectivity index (χ2n) is 6.75. The number of hydrogen-bond donors (Lipinski definition) is 0. The van der Waals surface area contributed by atoms with Gasteiger partial charge in [-0.3, -0.25) is 4.90 Å². The number of ether oxygens (including phenoxy) is 1. The van der Waals surface area contributed by atoms with Gasteiger partial charge >= 0.3 is 6.18 Å². The van der Waals surface area contributed by atoms with Crippen molar-refractivity contribution >= 4 is 0 Å². The zero-order valence-electron chi connectivity index (χ0n) is 14.1. The second-order valence-corrected chi connectivity index (χ2v) is 6.75. The summed E-state index contributed by atoms with van der Waals surface area (Å²) in [7, 11) is 2.10. The number of para-hydroxylation sites is 1. The van der Waals surface area contributed by atoms with Gasteiger partial charge in [0.15, 0.2) is 0 Å². The van der Waals surface area contributed by atoms with Crippen LogP contribution in [0.3, 0.4) is 0 Å². The van der Waals surface area contributed by atoms with Gasteiger partial charge in [0.1, 0.15) is 18.9 Å². The smallest absolute Gasteiger partial charge is 0.401 e. The van der Waals surface area contributed by atoms with Gasteiger partial charge in [-0.05, 0) is 25.0 Å². The minimum absolute atomic E-state index is 0.486. The molecule has 1 aromatic carbocycles. The maximum Gasteiger partial charge on any atom is 0.401 e. The Bertz CT molecular complexity index is 503. The van der Waals surface area contributed by atoms with Crippen molar-refractivity contribution in [1.82, 2.24) is 4.90 Å². The molecule has 0 N–H and O–H groups in total. The Kier molecular flexibility index (Phi) is 5.57. The lowest BCUT2D eigenvalue weighted by Gasteiger charge is -2.42. The molecule has 1 fully saturated rings. The van der Waals surface area contributed by atoms with E-state index in [0.717, 1.165) is 41.0 Å². The normalized spacial score (nSPS) is 18.9. The fourth-order valence-electron chi connectivity index (χ4n) is 3.02. The van der Waals surface area contributed by atoms with Gasteiger partial charge in [0.2, 0.25) is 0 Å². The largest absolute Gasteiger partial charge is 0.487 e. The first kappa shape index (κ1) is 18.1. The summed E-state index contributed by atoms with van der Waals surface area (Å²) >= 11 is 0. The highest BCUT2D eigenvalue weighted by atomic mass is 19.4. The van der Waals surface area contributed by atoms with Gasteiger partial charge in [0.05, 0.1) is 26.7 Å². The van der Waals surface area contributed by atoms with Crippen LogP contribution >= 0.6 is 0 Å². The van der Waals surface area contributed by atoms with E-state index in [2.05, 4.69) is 7.05 Å². The lowest BCUT2D eigenvalue weighted by Crippen LogP contribution is -2.59. The van der Waals surface area contributed by atoms with Gasteiger partial charge in [0, 0.05) is 13.1 Å². The van der Waals surface area contributed by atoms with E-state index in [1.165, 1.54) is 4.90 Å². The number of alkyl halides is 3. The van der Waals surface area contributed by atoms with E-state index in [1.807, 2.05) is 32.0 Å². The van der Waals surface area contributed by atoms with Crippen LogP contribution in [-0.2, 0) is 0 Å². The SMILES string of the molecule is Cc1cccc(C)c1OCC[N+]1(C)CCN(CC(F)(F)F)CC1. The first-order chi connectivity index (χ1) is 10.7. The summed E-state index contributed by atoms with van der Waals surface area (Å²) < 4.78 is 44.0. The summed E-state index contributed by atoms with van der Waals surface area (Å²) in [5.41, 5.74) is 2.23. The molecule has 23 heavy (non-hydrogen) atoms. The molecule has 2 rings (SSSR count). The van der Waals surface area contributed by atoms with Gasteiger partial charge in [-0.15, -0.1) is 0 Å². The molecule has 6 heteroatoms. The first-order valence-electron chi connectivity index (χ1n) is 8.00. The molecule has 0 unspecified atom stereocenters. The van der Waals surface area contributed by atoms with Crippen LogP contribution in [0.5, 0.6) is 5.75 Å². The standard InChI is InChI=1S/C17H26F3N2O/c1-14-5-4-6-15(2)16(14)23-12-11-22(3)9-7-21(8-10-22)13-17(18,19)20/h4-6H,7-13H2,1-3H3/q+1. The monoisotopic (exact) mass is 331 g/mol. The first-order valence-corrected chi connectivity index (χ1v) is 8.00. The van der Waals surface area contributed by atoms with Gasteiger partial charge in [-0.1, -0.05) is 18.2 Å². The molecule has 1 aliphatic heterocycles. The molecular weight excluding hydrogens is 305 g/mol. The Hall–Kier alpha value is -1.27. The van der Waals surface area contributed by atoms with Crippen molar-refractivity contribution in [2.24, 2.45) is 0 Å². The fourth-order valence-corrected chi connectivity index (χ4v) is 3.02. The average Bonchev–Trinajstić information content (AvgIpc) is 2.44. The van der Waals surface area contributed by atoms with E-state index >= 15 is 0 Å². The lowest BCUT2D eigenvalue weighted by molar-refractivity contribution is -0.913. The third kappa shape index (κ3) is 5.39. The molecule has 0 aromatic heterocycles. The summed E-state index contributed by atoms with van der Waals surface area (Å²) in [6.07, 6.45) is -4.10. The van der Waals surface area contributed by atoms with E-state index in [1.54, 1.807) is 0 Å². The molecule has 1 aliphatic rings. The van der Waals surface area contributed by atoms with Crippen LogP contribution in [0.4, 0.5) is 13.2 Å². The fraction of sp³-hybridized carbons (Fsp3) is 0.647. The van der Waals surface area contributed by atoms with Crippen LogP contribution in [0.2, 0.25) is 0 Å². The van der Waals surface area contributed by atoms with E-state index in [-0.39, 0.29) is 0 Å². The number of rotatable bonds is 5. The quantitative estimate of drug-likeness (QED) is 0.769. The number of piperazine rings is 1. The van der Waals surface area contributed by atoms with Crippen LogP contribution < -0.4 is 4.74 Å². The summed E-state index contributed by atoms with van der Waals surface area (Å²) in [5, 5.41) is 0. The predicted octanol–water partition coefficient (Wildman–Crippen LogP) is 3.01. The number of benzene rings is 1. The lowest BCUT2D eigenvalue weighted by atomic mass is 10.1. The van der Waals surface area contributed by atoms with Gasteiger partial charge < -0.3 is 9.22 Å². The molecule has 0 aliphatic carbocycles. The Morgan fingerprint density at radius 2 is 1.70 bits per heavy atom. The zero-order chi connectivity index (χ0) is 17.1. The zero-order valence-corrected chi connectivity index (χ0v) is 14.1. The summed E-state index contributed by atoms with van der Waals surface area (Å²) in [5.74, 6) is 0.926. The van der Waals surface area contributed by atoms with Gasteiger partial charge in [0.25, 0.3) is 0 Å². The molecule has 130 valence electrons. The van der Waals surface area contributed by atoms with Crippen molar-refractivity contribution in [3.63, 3.8) is 0 Å². The highest BCUT2D eigenvalue weighted by Gasteiger charge is 2.35. The summed E-state index contributed by atoms with van der Waals surface area (Å²) in [6, 6.07) is 6.05. The van der Waals surface area contributed by atoms with Crippen molar-refractivity contribution < 1.29 is 22.4 Å². The number of quaternary nitrogens is 1. The minimum atomic E-state index is -4.10. The van der Waals surface area contributed by atoms with Crippen LogP contribution in [-0.4, -0.2) is 68.5 Å². The molecule has 0 bridgehead atoms. The van der Waals surface area contributed by atoms with Crippen LogP contribution in [0.25, 0.3) is 0 Å². The van der Waals surface area contributed by atoms with E-state index in [0.29, 0.717) is 19.7 Å². The van der Waals surface area contributed by atoms with Crippen molar-refractivity contribution in [3.8, 4) is 5.75 Å². The number of likely N-dealkylation sites (N-methyl/N-ethyl adjacent to an activating group) is 1. The molecule has 0 saturated carbocycles. The third-order valence-corrected chi connectivity index (χ3v) is 4.60. The third-order valence-electron chi connectivity index (χ3n) is 4.60. The molecule has 3 nitrogen and oxygen atoms in total. The summed E-state index contributed by atoms with van der Waals surface area (Å²) in [6.45, 7) is 7.07. The van der Waals surface area contributed by atoms with Gasteiger partial charge in [-0.2, -0.15) is 13.2 Å². The highest BCUT2D eigenvalue weighted by Crippen LogP contribution is 2.23. The maximum absolute atomic E-state index is 12.4. The average molecular weight is 331 g/mol. The summed E-state index contributed by atoms with van der Waals surface area (Å²) in [4.78, 5) is 1.49. The van der Waals surface area contributed by atoms with Crippen molar-refractivity contribution in [2.45, 2.75) is 20.0 Å². The topological polar surface area (TPSA) is 12.5 Å². The molecular formula is C17H26F3N2O+. The molecule has 1 heterocycles. The number of nitrogens with zero attached hydrogens (tertiary/aromatic N) is 2. The maximum atomic E-state index is 12.4. The minimum Gasteiger partial charge on any atom is -0.487 e. The van der Waals surface area contributed by atoms with Crippen molar-refractivity contribution in [2.75, 3.05) is 52.9 Å². The van der Waals surface area contributed by atoms with E-state index in [9.17, 15) is 13.2 Å². The van der Waals surface area contributed by atoms with Gasteiger partial charge in [-0.25, -0.2) is 0 Å². The number of halogens is 3. The molecule has 0 radical (unpaired) electrons. The van der Waals surface area contributed by atoms with Crippen LogP contribution in [0, 0.1) is 13.8 Å².